The van der Waals surface area contributed by atoms with Gasteiger partial charge < -0.3 is 19.9 Å². The van der Waals surface area contributed by atoms with Crippen molar-refractivity contribution < 1.29 is 14.2 Å². The third-order valence-electron chi connectivity index (χ3n) is 6.52. The summed E-state index contributed by atoms with van der Waals surface area (Å²) in [5.74, 6) is 2.16. The number of halogens is 3. The first kappa shape index (κ1) is 28.4. The lowest BCUT2D eigenvalue weighted by Gasteiger charge is -2.20. The number of rotatable bonds is 11. The Morgan fingerprint density at radius 2 is 1.63 bits per heavy atom. The van der Waals surface area contributed by atoms with Gasteiger partial charge in [-0.05, 0) is 90.9 Å². The van der Waals surface area contributed by atoms with Crippen molar-refractivity contribution in [2.75, 3.05) is 26.9 Å². The van der Waals surface area contributed by atoms with E-state index in [1.807, 2.05) is 31.2 Å². The van der Waals surface area contributed by atoms with Crippen molar-refractivity contribution in [3.05, 3.63) is 104 Å². The molecule has 2 N–H and O–H groups in total. The molecule has 0 amide bonds. The topological polar surface area (TPSA) is 53.7 Å². The molecule has 1 unspecified atom stereocenters. The first-order valence-corrected chi connectivity index (χ1v) is 13.8. The van der Waals surface area contributed by atoms with Gasteiger partial charge in [-0.15, -0.1) is 0 Å². The zero-order chi connectivity index (χ0) is 27.1. The Balaban J connectivity index is 1.36. The van der Waals surface area contributed by atoms with E-state index in [0.29, 0.717) is 35.6 Å². The quantitative estimate of drug-likeness (QED) is 0.235. The molecule has 4 rings (SSSR count). The van der Waals surface area contributed by atoms with Crippen LogP contribution in [0.3, 0.4) is 0 Å². The maximum absolute atomic E-state index is 6.49. The van der Waals surface area contributed by atoms with Gasteiger partial charge in [0.15, 0.2) is 5.75 Å². The van der Waals surface area contributed by atoms with Crippen molar-refractivity contribution in [1.82, 2.24) is 0 Å². The molecule has 0 aromatic heterocycles. The average Bonchev–Trinajstić information content (AvgIpc) is 2.91. The van der Waals surface area contributed by atoms with Gasteiger partial charge >= 0.3 is 0 Å². The minimum absolute atomic E-state index is 0.106. The first-order valence-electron chi connectivity index (χ1n) is 12.6. The maximum atomic E-state index is 6.49. The van der Waals surface area contributed by atoms with E-state index in [9.17, 15) is 0 Å². The highest BCUT2D eigenvalue weighted by Crippen LogP contribution is 2.36. The van der Waals surface area contributed by atoms with Gasteiger partial charge in [0.25, 0.3) is 0 Å². The van der Waals surface area contributed by atoms with Crippen molar-refractivity contribution in [2.24, 2.45) is 5.73 Å². The van der Waals surface area contributed by atoms with E-state index in [1.165, 1.54) is 0 Å². The zero-order valence-electron chi connectivity index (χ0n) is 21.6. The fourth-order valence-electron chi connectivity index (χ4n) is 4.56. The van der Waals surface area contributed by atoms with Crippen LogP contribution in [0.1, 0.15) is 41.0 Å². The minimum atomic E-state index is 0.106. The largest absolute Gasteiger partial charge is 0.496 e. The van der Waals surface area contributed by atoms with Gasteiger partial charge in [0.1, 0.15) is 24.7 Å². The summed E-state index contributed by atoms with van der Waals surface area (Å²) in [6.07, 6.45) is 6.86. The molecule has 0 fully saturated rings. The predicted molar refractivity (Wildman–Crippen MR) is 158 cm³/mol. The summed E-state index contributed by atoms with van der Waals surface area (Å²) in [5, 5.41) is 1.87. The molecular weight excluding hydrogens is 541 g/mol. The van der Waals surface area contributed by atoms with E-state index in [4.69, 9.17) is 54.7 Å². The van der Waals surface area contributed by atoms with Gasteiger partial charge in [0.2, 0.25) is 0 Å². The van der Waals surface area contributed by atoms with Crippen LogP contribution in [0.25, 0.3) is 5.57 Å². The minimum Gasteiger partial charge on any atom is -0.496 e. The normalized spacial score (nSPS) is 13.9. The highest BCUT2D eigenvalue weighted by molar-refractivity contribution is 6.37. The van der Waals surface area contributed by atoms with Crippen LogP contribution >= 0.6 is 34.8 Å². The Labute approximate surface area is 239 Å². The third kappa shape index (κ3) is 7.06. The number of aryl methyl sites for hydroxylation is 1. The van der Waals surface area contributed by atoms with Crippen LogP contribution in [0.15, 0.2) is 71.8 Å². The van der Waals surface area contributed by atoms with E-state index in [2.05, 4.69) is 42.5 Å². The van der Waals surface area contributed by atoms with Crippen LogP contribution in [0.4, 0.5) is 0 Å². The van der Waals surface area contributed by atoms with Crippen molar-refractivity contribution in [3.63, 3.8) is 0 Å². The molecule has 200 valence electrons. The predicted octanol–water partition coefficient (Wildman–Crippen LogP) is 8.35. The van der Waals surface area contributed by atoms with Gasteiger partial charge in [-0.3, -0.25) is 0 Å². The van der Waals surface area contributed by atoms with Crippen molar-refractivity contribution in [3.8, 4) is 17.2 Å². The number of allylic oxidation sites excluding steroid dienone is 4. The van der Waals surface area contributed by atoms with Crippen LogP contribution in [0.2, 0.25) is 10.0 Å². The van der Waals surface area contributed by atoms with E-state index in [1.54, 1.807) is 7.11 Å². The van der Waals surface area contributed by atoms with Gasteiger partial charge in [-0.2, -0.15) is 0 Å². The molecule has 3 aromatic rings. The highest BCUT2D eigenvalue weighted by atomic mass is 35.5. The number of benzene rings is 3. The highest BCUT2D eigenvalue weighted by Gasteiger charge is 2.18. The fraction of sp³-hybridized carbons (Fsp3) is 0.290. The Morgan fingerprint density at radius 1 is 0.921 bits per heavy atom. The maximum Gasteiger partial charge on any atom is 0.156 e. The monoisotopic (exact) mass is 571 g/mol. The van der Waals surface area contributed by atoms with E-state index < -0.39 is 0 Å². The molecule has 0 saturated carbocycles. The van der Waals surface area contributed by atoms with Crippen LogP contribution in [-0.2, 0) is 6.42 Å². The number of ether oxygens (including phenoxy) is 3. The lowest BCUT2D eigenvalue weighted by Crippen LogP contribution is -2.16. The second-order valence-corrected chi connectivity index (χ2v) is 10.5. The lowest BCUT2D eigenvalue weighted by atomic mass is 9.89. The summed E-state index contributed by atoms with van der Waals surface area (Å²) in [7, 11) is 1.69. The van der Waals surface area contributed by atoms with Gasteiger partial charge in [0, 0.05) is 11.0 Å². The number of hydrogen-bond acceptors (Lipinski definition) is 4. The summed E-state index contributed by atoms with van der Waals surface area (Å²) < 4.78 is 17.3. The Bertz CT molecular complexity index is 1300. The summed E-state index contributed by atoms with van der Waals surface area (Å²) in [5.41, 5.74) is 11.5. The van der Waals surface area contributed by atoms with Crippen LogP contribution in [0.5, 0.6) is 17.2 Å². The van der Waals surface area contributed by atoms with Crippen molar-refractivity contribution >= 4 is 40.4 Å². The molecule has 0 radical (unpaired) electrons. The SMILES string of the molecule is COc1cc(C2=C(Cl)CCC=C2)ccc1C(CN)Cc1ccc(OCCOc2c(Cl)cc(C)cc2Cl)cc1. The molecule has 1 atom stereocenters. The standard InChI is InChI=1S/C31H32Cl3NO3/c1-20-15-28(33)31(29(34)16-20)38-14-13-37-24-10-7-21(8-11-24)17-23(19-35)26-12-9-22(18-30(26)36-2)25-5-3-4-6-27(25)32/h3,5,7-12,15-16,18,23H,4,6,13-14,17,19,35H2,1-2H3. The summed E-state index contributed by atoms with van der Waals surface area (Å²) in [6, 6.07) is 17.9. The number of methoxy groups -OCH3 is 1. The van der Waals surface area contributed by atoms with E-state index >= 15 is 0 Å². The summed E-state index contributed by atoms with van der Waals surface area (Å²) in [4.78, 5) is 0. The third-order valence-corrected chi connectivity index (χ3v) is 7.48. The molecule has 4 nitrogen and oxygen atoms in total. The molecule has 38 heavy (non-hydrogen) atoms. The molecule has 0 saturated heterocycles. The lowest BCUT2D eigenvalue weighted by molar-refractivity contribution is 0.217. The molecule has 0 heterocycles. The molecule has 7 heteroatoms. The van der Waals surface area contributed by atoms with E-state index in [-0.39, 0.29) is 5.92 Å². The molecule has 0 bridgehead atoms. The molecule has 0 spiro atoms. The van der Waals surface area contributed by atoms with Gasteiger partial charge in [0.05, 0.1) is 17.2 Å². The Hall–Kier alpha value is -2.63. The molecule has 0 aliphatic heterocycles. The van der Waals surface area contributed by atoms with E-state index in [0.717, 1.165) is 63.6 Å². The van der Waals surface area contributed by atoms with Gasteiger partial charge in [-0.1, -0.05) is 71.2 Å². The molecule has 1 aliphatic carbocycles. The smallest absolute Gasteiger partial charge is 0.156 e. The second kappa shape index (κ2) is 13.4. The average molecular weight is 573 g/mol. The van der Waals surface area contributed by atoms with Crippen LogP contribution < -0.4 is 19.9 Å². The number of hydrogen-bond donors (Lipinski definition) is 1. The second-order valence-electron chi connectivity index (χ2n) is 9.25. The summed E-state index contributed by atoms with van der Waals surface area (Å²) in [6.45, 7) is 3.12. The first-order chi connectivity index (χ1) is 18.4. The Morgan fingerprint density at radius 3 is 2.29 bits per heavy atom. The molecule has 3 aromatic carbocycles. The Kier molecular flexibility index (Phi) is 10.0. The van der Waals surface area contributed by atoms with Crippen LogP contribution in [0, 0.1) is 6.92 Å². The van der Waals surface area contributed by atoms with Gasteiger partial charge in [-0.25, -0.2) is 0 Å². The summed E-state index contributed by atoms with van der Waals surface area (Å²) >= 11 is 19.0. The molecular formula is C31H32Cl3NO3. The molecule has 1 aliphatic rings. The van der Waals surface area contributed by atoms with Crippen LogP contribution in [-0.4, -0.2) is 26.9 Å². The van der Waals surface area contributed by atoms with Crippen molar-refractivity contribution in [2.45, 2.75) is 32.1 Å². The zero-order valence-corrected chi connectivity index (χ0v) is 23.9. The fourth-order valence-corrected chi connectivity index (χ4v) is 5.55. The van der Waals surface area contributed by atoms with Crippen molar-refractivity contribution in [1.29, 1.82) is 0 Å². The number of nitrogens with two attached hydrogens (primary N) is 1.